The number of nitrogens with one attached hydrogen (secondary N) is 3. The molecule has 3 N–H and O–H groups in total. The van der Waals surface area contributed by atoms with Gasteiger partial charge in [-0.15, -0.1) is 0 Å². The maximum Gasteiger partial charge on any atom is 0.269 e. The van der Waals surface area contributed by atoms with Crippen LogP contribution in [0.2, 0.25) is 0 Å². The molecule has 2 aromatic carbocycles. The Labute approximate surface area is 182 Å². The molecule has 0 aromatic heterocycles. The van der Waals surface area contributed by atoms with Crippen molar-refractivity contribution < 1.29 is 28.1 Å². The SMILES string of the molecule is C[C@H](NCc1ccc([N+](=O)[O-])cc1)C(=O)NC(=O)[C@H](C)NC(=O)Cc1cc(F)cc(F)c1. The largest absolute Gasteiger partial charge is 0.344 e. The lowest BCUT2D eigenvalue weighted by Gasteiger charge is -2.17. The lowest BCUT2D eigenvalue weighted by Crippen LogP contribution is -2.51. The van der Waals surface area contributed by atoms with Crippen molar-refractivity contribution in [2.24, 2.45) is 0 Å². The van der Waals surface area contributed by atoms with E-state index in [9.17, 15) is 33.3 Å². The van der Waals surface area contributed by atoms with E-state index in [1.165, 1.54) is 26.0 Å². The van der Waals surface area contributed by atoms with Crippen molar-refractivity contribution in [1.29, 1.82) is 0 Å². The van der Waals surface area contributed by atoms with Gasteiger partial charge in [-0.1, -0.05) is 12.1 Å². The zero-order valence-corrected chi connectivity index (χ0v) is 17.4. The molecule has 3 amide bonds. The predicted octanol–water partition coefficient (Wildman–Crippen LogP) is 1.74. The van der Waals surface area contributed by atoms with Crippen molar-refractivity contribution >= 4 is 23.4 Å². The Hall–Kier alpha value is -3.73. The van der Waals surface area contributed by atoms with Crippen molar-refractivity contribution in [1.82, 2.24) is 16.0 Å². The number of nitrogens with zero attached hydrogens (tertiary/aromatic N) is 1. The molecule has 2 rings (SSSR count). The van der Waals surface area contributed by atoms with Gasteiger partial charge in [0, 0.05) is 24.7 Å². The van der Waals surface area contributed by atoms with Gasteiger partial charge in [-0.3, -0.25) is 29.8 Å². The average molecular weight is 448 g/mol. The van der Waals surface area contributed by atoms with Gasteiger partial charge in [0.15, 0.2) is 0 Å². The highest BCUT2D eigenvalue weighted by molar-refractivity contribution is 6.00. The van der Waals surface area contributed by atoms with E-state index in [-0.39, 0.29) is 24.2 Å². The average Bonchev–Trinajstić information content (AvgIpc) is 2.71. The lowest BCUT2D eigenvalue weighted by molar-refractivity contribution is -0.384. The maximum absolute atomic E-state index is 13.2. The van der Waals surface area contributed by atoms with E-state index < -0.39 is 46.4 Å². The summed E-state index contributed by atoms with van der Waals surface area (Å²) in [6.07, 6.45) is -0.340. The van der Waals surface area contributed by atoms with Gasteiger partial charge in [0.05, 0.1) is 17.4 Å². The van der Waals surface area contributed by atoms with Crippen LogP contribution in [0.1, 0.15) is 25.0 Å². The number of hydrogen-bond acceptors (Lipinski definition) is 6. The number of amides is 3. The van der Waals surface area contributed by atoms with Gasteiger partial charge in [-0.25, -0.2) is 8.78 Å². The second-order valence-corrected chi connectivity index (χ2v) is 7.12. The molecule has 0 spiro atoms. The number of hydrogen-bond donors (Lipinski definition) is 3. The quantitative estimate of drug-likeness (QED) is 0.396. The van der Waals surface area contributed by atoms with E-state index in [2.05, 4.69) is 16.0 Å². The zero-order valence-electron chi connectivity index (χ0n) is 17.4. The summed E-state index contributed by atoms with van der Waals surface area (Å²) in [7, 11) is 0. The molecule has 2 aromatic rings. The van der Waals surface area contributed by atoms with Crippen molar-refractivity contribution in [3.8, 4) is 0 Å². The topological polar surface area (TPSA) is 130 Å². The molecular formula is C21H22F2N4O5. The minimum atomic E-state index is -1.06. The van der Waals surface area contributed by atoms with E-state index in [1.54, 1.807) is 12.1 Å². The van der Waals surface area contributed by atoms with E-state index in [4.69, 9.17) is 0 Å². The van der Waals surface area contributed by atoms with Gasteiger partial charge in [0.2, 0.25) is 17.7 Å². The summed E-state index contributed by atoms with van der Waals surface area (Å²) in [5.41, 5.74) is 0.757. The fraction of sp³-hybridized carbons (Fsp3) is 0.286. The van der Waals surface area contributed by atoms with Crippen molar-refractivity contribution in [2.45, 2.75) is 38.9 Å². The molecule has 0 aliphatic rings. The molecular weight excluding hydrogens is 426 g/mol. The normalized spacial score (nSPS) is 12.5. The highest BCUT2D eigenvalue weighted by atomic mass is 19.1. The van der Waals surface area contributed by atoms with Crippen LogP contribution in [0.25, 0.3) is 0 Å². The van der Waals surface area contributed by atoms with Crippen molar-refractivity contribution in [3.63, 3.8) is 0 Å². The molecule has 0 saturated heterocycles. The van der Waals surface area contributed by atoms with E-state index in [1.807, 2.05) is 0 Å². The van der Waals surface area contributed by atoms with Crippen molar-refractivity contribution in [3.05, 3.63) is 75.3 Å². The second-order valence-electron chi connectivity index (χ2n) is 7.12. The zero-order chi connectivity index (χ0) is 23.8. The highest BCUT2D eigenvalue weighted by Crippen LogP contribution is 2.12. The summed E-state index contributed by atoms with van der Waals surface area (Å²) in [6.45, 7) is 3.12. The Bertz CT molecular complexity index is 993. The fourth-order valence-electron chi connectivity index (χ4n) is 2.69. The Morgan fingerprint density at radius 1 is 0.938 bits per heavy atom. The molecule has 2 atom stereocenters. The van der Waals surface area contributed by atoms with Gasteiger partial charge in [-0.05, 0) is 37.1 Å². The van der Waals surface area contributed by atoms with Crippen LogP contribution >= 0.6 is 0 Å². The second kappa shape index (κ2) is 11.0. The fourth-order valence-corrected chi connectivity index (χ4v) is 2.69. The van der Waals surface area contributed by atoms with Gasteiger partial charge in [0.25, 0.3) is 5.69 Å². The molecule has 0 saturated carbocycles. The first-order valence-corrected chi connectivity index (χ1v) is 9.61. The van der Waals surface area contributed by atoms with E-state index in [0.29, 0.717) is 11.6 Å². The number of carbonyl (C=O) groups excluding carboxylic acids is 3. The number of nitro groups is 1. The first-order valence-electron chi connectivity index (χ1n) is 9.61. The maximum atomic E-state index is 13.2. The molecule has 0 aliphatic heterocycles. The van der Waals surface area contributed by atoms with Gasteiger partial charge in [0.1, 0.15) is 17.7 Å². The van der Waals surface area contributed by atoms with Crippen LogP contribution in [0.15, 0.2) is 42.5 Å². The van der Waals surface area contributed by atoms with E-state index in [0.717, 1.165) is 12.1 Å². The Kier molecular flexibility index (Phi) is 8.47. The third kappa shape index (κ3) is 7.51. The van der Waals surface area contributed by atoms with Crippen LogP contribution in [0.3, 0.4) is 0 Å². The molecule has 32 heavy (non-hydrogen) atoms. The lowest BCUT2D eigenvalue weighted by atomic mass is 10.1. The summed E-state index contributed by atoms with van der Waals surface area (Å²) in [5, 5.41) is 18.1. The summed E-state index contributed by atoms with van der Waals surface area (Å²) in [4.78, 5) is 46.5. The standard InChI is InChI=1S/C21H22F2N4O5/c1-12(24-11-14-3-5-18(6-4-14)27(31)32)20(29)26-21(30)13(2)25-19(28)9-15-7-16(22)10-17(23)8-15/h3-8,10,12-13,24H,9,11H2,1-2H3,(H,25,28)(H,26,29,30)/t12-,13-/m0/s1. The number of rotatable bonds is 9. The van der Waals surface area contributed by atoms with Crippen LogP contribution in [0.4, 0.5) is 14.5 Å². The third-order valence-electron chi connectivity index (χ3n) is 4.46. The van der Waals surface area contributed by atoms with Crippen LogP contribution in [-0.2, 0) is 27.3 Å². The van der Waals surface area contributed by atoms with Crippen molar-refractivity contribution in [2.75, 3.05) is 0 Å². The monoisotopic (exact) mass is 448 g/mol. The van der Waals surface area contributed by atoms with Gasteiger partial charge in [-0.2, -0.15) is 0 Å². The Morgan fingerprint density at radius 2 is 1.50 bits per heavy atom. The molecule has 0 aliphatic carbocycles. The molecule has 11 heteroatoms. The van der Waals surface area contributed by atoms with Crippen LogP contribution < -0.4 is 16.0 Å². The number of halogens is 2. The predicted molar refractivity (Wildman–Crippen MR) is 110 cm³/mol. The molecule has 9 nitrogen and oxygen atoms in total. The first kappa shape index (κ1) is 24.5. The first-order chi connectivity index (χ1) is 15.0. The smallest absolute Gasteiger partial charge is 0.269 e. The number of carbonyl (C=O) groups is 3. The molecule has 0 fully saturated rings. The van der Waals surface area contributed by atoms with Crippen LogP contribution in [0, 0.1) is 21.7 Å². The highest BCUT2D eigenvalue weighted by Gasteiger charge is 2.21. The van der Waals surface area contributed by atoms with Crippen LogP contribution in [-0.4, -0.2) is 34.7 Å². The van der Waals surface area contributed by atoms with Gasteiger partial charge < -0.3 is 10.6 Å². The number of imide groups is 1. The number of nitro benzene ring substituents is 1. The minimum absolute atomic E-state index is 0.0521. The van der Waals surface area contributed by atoms with Crippen LogP contribution in [0.5, 0.6) is 0 Å². The molecule has 0 unspecified atom stereocenters. The molecule has 0 bridgehead atoms. The summed E-state index contributed by atoms with van der Waals surface area (Å²) in [6, 6.07) is 6.64. The molecule has 0 heterocycles. The third-order valence-corrected chi connectivity index (χ3v) is 4.46. The molecule has 0 radical (unpaired) electrons. The number of non-ortho nitro benzene ring substituents is 1. The summed E-state index contributed by atoms with van der Waals surface area (Å²) >= 11 is 0. The Morgan fingerprint density at radius 3 is 2.06 bits per heavy atom. The summed E-state index contributed by atoms with van der Waals surface area (Å²) < 4.78 is 26.4. The van der Waals surface area contributed by atoms with Gasteiger partial charge >= 0.3 is 0 Å². The Balaban J connectivity index is 1.80. The molecule has 170 valence electrons. The minimum Gasteiger partial charge on any atom is -0.344 e. The van der Waals surface area contributed by atoms with E-state index >= 15 is 0 Å². The summed E-state index contributed by atoms with van der Waals surface area (Å²) in [5.74, 6) is -3.67. The number of benzene rings is 2.